The van der Waals surface area contributed by atoms with Crippen molar-refractivity contribution < 1.29 is 23.8 Å². The fourth-order valence-electron chi connectivity index (χ4n) is 4.21. The Bertz CT molecular complexity index is 1120. The number of aromatic nitrogens is 2. The Labute approximate surface area is 193 Å². The third kappa shape index (κ3) is 4.98. The predicted octanol–water partition coefficient (Wildman–Crippen LogP) is 4.96. The highest BCUT2D eigenvalue weighted by Gasteiger charge is 2.31. The minimum absolute atomic E-state index is 0.0226. The van der Waals surface area contributed by atoms with Gasteiger partial charge in [-0.15, -0.1) is 0 Å². The first-order valence-electron chi connectivity index (χ1n) is 11.2. The minimum atomic E-state index is -0.671. The normalized spacial score (nSPS) is 14.1. The zero-order chi connectivity index (χ0) is 23.2. The van der Waals surface area contributed by atoms with Gasteiger partial charge in [-0.2, -0.15) is 5.10 Å². The zero-order valence-corrected chi connectivity index (χ0v) is 19.0. The van der Waals surface area contributed by atoms with Crippen LogP contribution in [0.1, 0.15) is 58.5 Å². The second-order valence-electron chi connectivity index (χ2n) is 8.07. The molecule has 0 N–H and O–H groups in total. The van der Waals surface area contributed by atoms with Gasteiger partial charge in [0.15, 0.2) is 5.69 Å². The number of carbonyl (C=O) groups excluding carboxylic acids is 2. The van der Waals surface area contributed by atoms with Crippen molar-refractivity contribution in [3.05, 3.63) is 71.4 Å². The van der Waals surface area contributed by atoms with Gasteiger partial charge in [-0.3, -0.25) is 0 Å². The molecule has 172 valence electrons. The van der Waals surface area contributed by atoms with Gasteiger partial charge in [0.05, 0.1) is 32.6 Å². The summed E-state index contributed by atoms with van der Waals surface area (Å²) in [6, 6.07) is 16.8. The number of esters is 2. The van der Waals surface area contributed by atoms with Gasteiger partial charge in [0, 0.05) is 5.56 Å². The van der Waals surface area contributed by atoms with Crippen molar-refractivity contribution in [3.63, 3.8) is 0 Å². The standard InChI is InChI=1S/C26H28N2O5/c1-31-25(29)22-23(27-28(24(22)26(30)32-2)20-12-5-3-6-13-20)19-11-9-10-18(16-19)17-33-21-14-7-4-8-15-21/h3,5-6,9-13,16,21H,4,7-8,14-15,17H2,1-2H3. The molecule has 3 aromatic rings. The summed E-state index contributed by atoms with van der Waals surface area (Å²) in [4.78, 5) is 25.5. The Morgan fingerprint density at radius 2 is 1.67 bits per heavy atom. The monoisotopic (exact) mass is 448 g/mol. The lowest BCUT2D eigenvalue weighted by Crippen LogP contribution is -2.16. The molecule has 0 saturated heterocycles. The summed E-state index contributed by atoms with van der Waals surface area (Å²) in [6.07, 6.45) is 6.17. The number of benzene rings is 2. The number of carbonyl (C=O) groups is 2. The molecular formula is C26H28N2O5. The summed E-state index contributed by atoms with van der Waals surface area (Å²) in [7, 11) is 2.55. The van der Waals surface area contributed by atoms with Crippen molar-refractivity contribution in [1.82, 2.24) is 9.78 Å². The van der Waals surface area contributed by atoms with Crippen LogP contribution in [0.5, 0.6) is 0 Å². The highest BCUT2D eigenvalue weighted by Crippen LogP contribution is 2.30. The predicted molar refractivity (Wildman–Crippen MR) is 123 cm³/mol. The summed E-state index contributed by atoms with van der Waals surface area (Å²) in [5.41, 5.74) is 2.74. The van der Waals surface area contributed by atoms with Crippen LogP contribution in [0.3, 0.4) is 0 Å². The molecule has 2 aromatic carbocycles. The SMILES string of the molecule is COC(=O)c1c(-c2cccc(COC3CCCCC3)c2)nn(-c2ccccc2)c1C(=O)OC. The Hall–Kier alpha value is -3.45. The summed E-state index contributed by atoms with van der Waals surface area (Å²) in [6.45, 7) is 0.481. The zero-order valence-electron chi connectivity index (χ0n) is 19.0. The maximum atomic E-state index is 12.8. The number of hydrogen-bond donors (Lipinski definition) is 0. The van der Waals surface area contributed by atoms with E-state index in [4.69, 9.17) is 14.2 Å². The molecule has 7 heteroatoms. The van der Waals surface area contributed by atoms with Crippen LogP contribution in [0, 0.1) is 0 Å². The van der Waals surface area contributed by atoms with Crippen LogP contribution in [0.25, 0.3) is 16.9 Å². The summed E-state index contributed by atoms with van der Waals surface area (Å²) >= 11 is 0. The molecule has 0 bridgehead atoms. The van der Waals surface area contributed by atoms with Crippen LogP contribution in [0.4, 0.5) is 0 Å². The summed E-state index contributed by atoms with van der Waals surface area (Å²) in [5.74, 6) is -1.33. The van der Waals surface area contributed by atoms with Crippen LogP contribution in [0.15, 0.2) is 54.6 Å². The van der Waals surface area contributed by atoms with Gasteiger partial charge in [-0.25, -0.2) is 14.3 Å². The van der Waals surface area contributed by atoms with E-state index >= 15 is 0 Å². The van der Waals surface area contributed by atoms with Crippen molar-refractivity contribution in [2.45, 2.75) is 44.8 Å². The van der Waals surface area contributed by atoms with Crippen molar-refractivity contribution in [2.75, 3.05) is 14.2 Å². The molecule has 0 aliphatic heterocycles. The van der Waals surface area contributed by atoms with Crippen LogP contribution in [0.2, 0.25) is 0 Å². The van der Waals surface area contributed by atoms with E-state index in [2.05, 4.69) is 5.10 Å². The van der Waals surface area contributed by atoms with E-state index in [-0.39, 0.29) is 17.4 Å². The van der Waals surface area contributed by atoms with Gasteiger partial charge < -0.3 is 14.2 Å². The molecule has 1 aliphatic carbocycles. The first kappa shape index (κ1) is 22.7. The van der Waals surface area contributed by atoms with Crippen LogP contribution < -0.4 is 0 Å². The Kier molecular flexibility index (Phi) is 7.19. The fraction of sp³-hybridized carbons (Fsp3) is 0.346. The highest BCUT2D eigenvalue weighted by atomic mass is 16.5. The Morgan fingerprint density at radius 1 is 0.939 bits per heavy atom. The van der Waals surface area contributed by atoms with Crippen molar-refractivity contribution >= 4 is 11.9 Å². The molecule has 0 spiro atoms. The molecule has 7 nitrogen and oxygen atoms in total. The molecule has 1 heterocycles. The lowest BCUT2D eigenvalue weighted by Gasteiger charge is -2.22. The van der Waals surface area contributed by atoms with E-state index in [0.717, 1.165) is 18.4 Å². The van der Waals surface area contributed by atoms with Crippen molar-refractivity contribution in [3.8, 4) is 16.9 Å². The molecule has 1 fully saturated rings. The van der Waals surface area contributed by atoms with E-state index < -0.39 is 11.9 Å². The molecule has 1 saturated carbocycles. The first-order chi connectivity index (χ1) is 16.1. The van der Waals surface area contributed by atoms with Gasteiger partial charge in [-0.05, 0) is 36.6 Å². The van der Waals surface area contributed by atoms with E-state index in [1.54, 1.807) is 12.1 Å². The van der Waals surface area contributed by atoms with E-state index in [1.807, 2.05) is 42.5 Å². The molecule has 0 radical (unpaired) electrons. The van der Waals surface area contributed by atoms with Crippen molar-refractivity contribution in [1.29, 1.82) is 0 Å². The second kappa shape index (κ2) is 10.4. The van der Waals surface area contributed by atoms with Gasteiger partial charge >= 0.3 is 11.9 Å². The molecule has 4 rings (SSSR count). The third-order valence-electron chi connectivity index (χ3n) is 5.89. The topological polar surface area (TPSA) is 79.7 Å². The largest absolute Gasteiger partial charge is 0.465 e. The fourth-order valence-corrected chi connectivity index (χ4v) is 4.21. The number of methoxy groups -OCH3 is 2. The third-order valence-corrected chi connectivity index (χ3v) is 5.89. The van der Waals surface area contributed by atoms with Crippen molar-refractivity contribution in [2.24, 2.45) is 0 Å². The van der Waals surface area contributed by atoms with E-state index in [1.165, 1.54) is 38.2 Å². The number of rotatable bonds is 7. The van der Waals surface area contributed by atoms with Gasteiger partial charge in [-0.1, -0.05) is 55.7 Å². The second-order valence-corrected chi connectivity index (χ2v) is 8.07. The average molecular weight is 449 g/mol. The number of ether oxygens (including phenoxy) is 3. The van der Waals surface area contributed by atoms with Crippen LogP contribution >= 0.6 is 0 Å². The lowest BCUT2D eigenvalue weighted by molar-refractivity contribution is 0.0169. The maximum Gasteiger partial charge on any atom is 0.357 e. The molecule has 0 atom stereocenters. The summed E-state index contributed by atoms with van der Waals surface area (Å²) in [5, 5.41) is 4.65. The highest BCUT2D eigenvalue weighted by molar-refractivity contribution is 6.06. The quantitative estimate of drug-likeness (QED) is 0.475. The molecule has 1 aliphatic rings. The first-order valence-corrected chi connectivity index (χ1v) is 11.2. The molecular weight excluding hydrogens is 420 g/mol. The summed E-state index contributed by atoms with van der Waals surface area (Å²) < 4.78 is 17.6. The average Bonchev–Trinajstić information content (AvgIpc) is 3.28. The van der Waals surface area contributed by atoms with Crippen LogP contribution in [-0.2, 0) is 20.8 Å². The van der Waals surface area contributed by atoms with Gasteiger partial charge in [0.1, 0.15) is 11.3 Å². The maximum absolute atomic E-state index is 12.8. The minimum Gasteiger partial charge on any atom is -0.465 e. The number of hydrogen-bond acceptors (Lipinski definition) is 6. The van der Waals surface area contributed by atoms with Gasteiger partial charge in [0.2, 0.25) is 0 Å². The van der Waals surface area contributed by atoms with E-state index in [0.29, 0.717) is 23.6 Å². The van der Waals surface area contributed by atoms with Gasteiger partial charge in [0.25, 0.3) is 0 Å². The van der Waals surface area contributed by atoms with E-state index in [9.17, 15) is 9.59 Å². The Balaban J connectivity index is 1.76. The smallest absolute Gasteiger partial charge is 0.357 e. The number of nitrogens with zero attached hydrogens (tertiary/aromatic N) is 2. The lowest BCUT2D eigenvalue weighted by atomic mass is 9.98. The molecule has 0 amide bonds. The molecule has 1 aromatic heterocycles. The molecule has 33 heavy (non-hydrogen) atoms. The number of para-hydroxylation sites is 1. The Morgan fingerprint density at radius 3 is 2.36 bits per heavy atom. The van der Waals surface area contributed by atoms with Crippen LogP contribution in [-0.4, -0.2) is 42.0 Å². The molecule has 0 unspecified atom stereocenters.